The third-order valence-corrected chi connectivity index (χ3v) is 5.95. The first-order chi connectivity index (χ1) is 13.1. The molecule has 136 valence electrons. The summed E-state index contributed by atoms with van der Waals surface area (Å²) >= 11 is 0. The largest absolute Gasteiger partial charge is 0.357 e. The van der Waals surface area contributed by atoms with E-state index in [1.165, 1.54) is 5.56 Å². The quantitative estimate of drug-likeness (QED) is 0.765. The minimum absolute atomic E-state index is 0.0201. The van der Waals surface area contributed by atoms with Crippen LogP contribution in [0.25, 0.3) is 10.9 Å². The van der Waals surface area contributed by atoms with Crippen molar-refractivity contribution in [1.82, 2.24) is 14.8 Å². The van der Waals surface area contributed by atoms with Gasteiger partial charge in [-0.3, -0.25) is 9.59 Å². The molecule has 2 aliphatic rings. The van der Waals surface area contributed by atoms with E-state index in [0.29, 0.717) is 13.0 Å². The molecule has 1 N–H and O–H groups in total. The van der Waals surface area contributed by atoms with E-state index < -0.39 is 6.04 Å². The van der Waals surface area contributed by atoms with Crippen LogP contribution in [0.5, 0.6) is 0 Å². The van der Waals surface area contributed by atoms with Crippen LogP contribution in [-0.4, -0.2) is 39.2 Å². The molecule has 1 saturated heterocycles. The first kappa shape index (κ1) is 16.1. The molecule has 1 fully saturated rings. The molecule has 2 aromatic carbocycles. The van der Waals surface area contributed by atoms with Crippen LogP contribution in [-0.2, 0) is 22.6 Å². The van der Waals surface area contributed by atoms with E-state index in [9.17, 15) is 9.59 Å². The summed E-state index contributed by atoms with van der Waals surface area (Å²) in [5.74, 6) is 0.0635. The summed E-state index contributed by atoms with van der Waals surface area (Å²) < 4.78 is 0. The monoisotopic (exact) mass is 359 g/mol. The number of aromatic amines is 1. The van der Waals surface area contributed by atoms with E-state index in [2.05, 4.69) is 11.1 Å². The highest BCUT2D eigenvalue weighted by Crippen LogP contribution is 2.34. The van der Waals surface area contributed by atoms with Crippen molar-refractivity contribution >= 4 is 22.7 Å². The van der Waals surface area contributed by atoms with E-state index in [1.54, 1.807) is 9.80 Å². The number of H-pyrrole nitrogens is 1. The Morgan fingerprint density at radius 1 is 1.00 bits per heavy atom. The molecule has 0 aliphatic carbocycles. The molecule has 1 aromatic heterocycles. The van der Waals surface area contributed by atoms with Gasteiger partial charge in [-0.05, 0) is 24.1 Å². The molecule has 5 rings (SSSR count). The smallest absolute Gasteiger partial charge is 0.246 e. The van der Waals surface area contributed by atoms with Gasteiger partial charge in [-0.25, -0.2) is 0 Å². The standard InChI is InChI=1S/C22H21N3O2/c1-14(15-7-3-2-4-8-15)24-13-21(26)25-12-19-17(11-20(25)22(24)27)16-9-5-6-10-18(16)23-19/h2-10,14,20,23H,11-13H2,1H3/t14?,20-/m0/s1. The molecule has 1 unspecified atom stereocenters. The number of para-hydroxylation sites is 1. The minimum Gasteiger partial charge on any atom is -0.357 e. The number of piperazine rings is 1. The summed E-state index contributed by atoms with van der Waals surface area (Å²) in [6, 6.07) is 17.5. The maximum atomic E-state index is 13.3. The first-order valence-corrected chi connectivity index (χ1v) is 9.37. The summed E-state index contributed by atoms with van der Waals surface area (Å²) in [5.41, 5.74) is 4.34. The van der Waals surface area contributed by atoms with E-state index in [0.717, 1.165) is 22.2 Å². The Hall–Kier alpha value is -3.08. The van der Waals surface area contributed by atoms with E-state index >= 15 is 0 Å². The summed E-state index contributed by atoms with van der Waals surface area (Å²) in [5, 5.41) is 1.15. The van der Waals surface area contributed by atoms with Gasteiger partial charge in [0, 0.05) is 23.0 Å². The second-order valence-electron chi connectivity index (χ2n) is 7.42. The number of carbonyl (C=O) groups is 2. The number of nitrogens with zero attached hydrogens (tertiary/aromatic N) is 2. The molecule has 0 bridgehead atoms. The normalized spacial score (nSPS) is 20.6. The van der Waals surface area contributed by atoms with Gasteiger partial charge in [0.1, 0.15) is 12.6 Å². The van der Waals surface area contributed by atoms with Crippen LogP contribution in [0.1, 0.15) is 29.8 Å². The molecule has 5 nitrogen and oxygen atoms in total. The third-order valence-electron chi connectivity index (χ3n) is 5.95. The Labute approximate surface area is 157 Å². The first-order valence-electron chi connectivity index (χ1n) is 9.37. The number of amides is 2. The van der Waals surface area contributed by atoms with Crippen LogP contribution in [0.15, 0.2) is 54.6 Å². The number of nitrogens with one attached hydrogen (secondary N) is 1. The SMILES string of the molecule is CC(c1ccccc1)N1CC(=O)N2Cc3[nH]c4ccccc4c3C[C@H]2C1=O. The number of benzene rings is 2. The molecule has 27 heavy (non-hydrogen) atoms. The molecule has 0 saturated carbocycles. The van der Waals surface area contributed by atoms with Gasteiger partial charge in [-0.2, -0.15) is 0 Å². The van der Waals surface area contributed by atoms with Crippen molar-refractivity contribution in [2.24, 2.45) is 0 Å². The van der Waals surface area contributed by atoms with E-state index in [-0.39, 0.29) is 24.4 Å². The number of rotatable bonds is 2. The van der Waals surface area contributed by atoms with Crippen molar-refractivity contribution < 1.29 is 9.59 Å². The molecule has 2 atom stereocenters. The number of carbonyl (C=O) groups excluding carboxylic acids is 2. The molecule has 2 amide bonds. The van der Waals surface area contributed by atoms with Gasteiger partial charge in [-0.1, -0.05) is 48.5 Å². The van der Waals surface area contributed by atoms with Gasteiger partial charge < -0.3 is 14.8 Å². The lowest BCUT2D eigenvalue weighted by Gasteiger charge is -2.44. The Kier molecular flexibility index (Phi) is 3.57. The maximum absolute atomic E-state index is 13.3. The molecule has 2 aliphatic heterocycles. The fourth-order valence-electron chi connectivity index (χ4n) is 4.44. The van der Waals surface area contributed by atoms with Crippen LogP contribution in [0, 0.1) is 0 Å². The lowest BCUT2D eigenvalue weighted by Crippen LogP contribution is -2.61. The molecule has 3 heterocycles. The summed E-state index contributed by atoms with van der Waals surface area (Å²) in [6.07, 6.45) is 0.571. The summed E-state index contributed by atoms with van der Waals surface area (Å²) in [4.78, 5) is 33.1. The fraction of sp³-hybridized carbons (Fsp3) is 0.273. The van der Waals surface area contributed by atoms with E-state index in [4.69, 9.17) is 0 Å². The third kappa shape index (κ3) is 2.46. The van der Waals surface area contributed by atoms with Gasteiger partial charge in [0.15, 0.2) is 0 Å². The van der Waals surface area contributed by atoms with Crippen LogP contribution in [0.3, 0.4) is 0 Å². The number of aromatic nitrogens is 1. The van der Waals surface area contributed by atoms with Crippen molar-refractivity contribution in [3.8, 4) is 0 Å². The van der Waals surface area contributed by atoms with Crippen molar-refractivity contribution in [2.45, 2.75) is 32.0 Å². The average molecular weight is 359 g/mol. The highest BCUT2D eigenvalue weighted by Gasteiger charge is 2.44. The number of fused-ring (bicyclic) bond motifs is 4. The minimum atomic E-state index is -0.413. The predicted octanol–water partition coefficient (Wildman–Crippen LogP) is 3.02. The topological polar surface area (TPSA) is 56.4 Å². The number of hydrogen-bond donors (Lipinski definition) is 1. The Balaban J connectivity index is 1.50. The molecule has 3 aromatic rings. The van der Waals surface area contributed by atoms with Gasteiger partial charge in [-0.15, -0.1) is 0 Å². The molecule has 0 radical (unpaired) electrons. The van der Waals surface area contributed by atoms with Crippen LogP contribution < -0.4 is 0 Å². The van der Waals surface area contributed by atoms with Crippen molar-refractivity contribution in [2.75, 3.05) is 6.54 Å². The lowest BCUT2D eigenvalue weighted by atomic mass is 9.93. The van der Waals surface area contributed by atoms with Crippen LogP contribution >= 0.6 is 0 Å². The highest BCUT2D eigenvalue weighted by molar-refractivity contribution is 5.97. The zero-order chi connectivity index (χ0) is 18.5. The number of hydrogen-bond acceptors (Lipinski definition) is 2. The van der Waals surface area contributed by atoms with Crippen molar-refractivity contribution in [1.29, 1.82) is 0 Å². The Morgan fingerprint density at radius 2 is 1.74 bits per heavy atom. The van der Waals surface area contributed by atoms with Crippen molar-refractivity contribution in [3.63, 3.8) is 0 Å². The Morgan fingerprint density at radius 3 is 2.56 bits per heavy atom. The second-order valence-corrected chi connectivity index (χ2v) is 7.42. The molecular formula is C22H21N3O2. The van der Waals surface area contributed by atoms with Gasteiger partial charge in [0.25, 0.3) is 0 Å². The van der Waals surface area contributed by atoms with Gasteiger partial charge in [0.2, 0.25) is 11.8 Å². The van der Waals surface area contributed by atoms with Gasteiger partial charge >= 0.3 is 0 Å². The molecule has 0 spiro atoms. The molecular weight excluding hydrogens is 338 g/mol. The van der Waals surface area contributed by atoms with Crippen LogP contribution in [0.2, 0.25) is 0 Å². The summed E-state index contributed by atoms with van der Waals surface area (Å²) in [7, 11) is 0. The van der Waals surface area contributed by atoms with Crippen molar-refractivity contribution in [3.05, 3.63) is 71.4 Å². The zero-order valence-electron chi connectivity index (χ0n) is 15.2. The average Bonchev–Trinajstić information content (AvgIpc) is 3.07. The van der Waals surface area contributed by atoms with Gasteiger partial charge in [0.05, 0.1) is 12.6 Å². The lowest BCUT2D eigenvalue weighted by molar-refractivity contribution is -0.159. The highest BCUT2D eigenvalue weighted by atomic mass is 16.2. The van der Waals surface area contributed by atoms with E-state index in [1.807, 2.05) is 55.5 Å². The summed E-state index contributed by atoms with van der Waals surface area (Å²) in [6.45, 7) is 2.61. The molecule has 5 heteroatoms. The Bertz CT molecular complexity index is 1040. The fourth-order valence-corrected chi connectivity index (χ4v) is 4.44. The van der Waals surface area contributed by atoms with Crippen LogP contribution in [0.4, 0.5) is 0 Å². The maximum Gasteiger partial charge on any atom is 0.246 e. The second kappa shape index (κ2) is 5.98. The zero-order valence-corrected chi connectivity index (χ0v) is 15.2. The predicted molar refractivity (Wildman–Crippen MR) is 103 cm³/mol.